The number of carbonyl (C=O) groups excluding carboxylic acids is 1. The van der Waals surface area contributed by atoms with E-state index in [0.29, 0.717) is 19.4 Å². The standard InChI is InChI=1S/C13H17NO3/c15-12-3-1-2-10(6-12)7-13(16)8-11-9-17-5-4-14-11/h1-3,6,11,14-15H,4-5,7-9H2. The summed E-state index contributed by atoms with van der Waals surface area (Å²) in [6, 6.07) is 6.96. The summed E-state index contributed by atoms with van der Waals surface area (Å²) in [5.74, 6) is 0.369. The first-order valence-electron chi connectivity index (χ1n) is 5.85. The molecule has 1 aliphatic heterocycles. The fraction of sp³-hybridized carbons (Fsp3) is 0.462. The van der Waals surface area contributed by atoms with Gasteiger partial charge < -0.3 is 15.2 Å². The lowest BCUT2D eigenvalue weighted by molar-refractivity contribution is -0.119. The van der Waals surface area contributed by atoms with E-state index in [9.17, 15) is 9.90 Å². The fourth-order valence-corrected chi connectivity index (χ4v) is 1.99. The van der Waals surface area contributed by atoms with Crippen molar-refractivity contribution in [3.63, 3.8) is 0 Å². The van der Waals surface area contributed by atoms with Gasteiger partial charge >= 0.3 is 0 Å². The maximum absolute atomic E-state index is 11.8. The van der Waals surface area contributed by atoms with Gasteiger partial charge in [-0.2, -0.15) is 0 Å². The van der Waals surface area contributed by atoms with E-state index in [1.807, 2.05) is 6.07 Å². The van der Waals surface area contributed by atoms with E-state index in [1.165, 1.54) is 0 Å². The van der Waals surface area contributed by atoms with Crippen LogP contribution >= 0.6 is 0 Å². The van der Waals surface area contributed by atoms with Crippen molar-refractivity contribution in [2.24, 2.45) is 0 Å². The Labute approximate surface area is 101 Å². The highest BCUT2D eigenvalue weighted by atomic mass is 16.5. The third kappa shape index (κ3) is 3.84. The molecule has 0 bridgehead atoms. The van der Waals surface area contributed by atoms with Gasteiger partial charge in [-0.05, 0) is 17.7 Å². The molecule has 0 saturated carbocycles. The average Bonchev–Trinajstić information content (AvgIpc) is 2.30. The lowest BCUT2D eigenvalue weighted by Crippen LogP contribution is -2.42. The molecule has 1 fully saturated rings. The monoisotopic (exact) mass is 235 g/mol. The number of Topliss-reactive ketones (excluding diaryl/α,β-unsaturated/α-hetero) is 1. The Morgan fingerprint density at radius 3 is 3.12 bits per heavy atom. The van der Waals surface area contributed by atoms with Crippen LogP contribution in [0, 0.1) is 0 Å². The summed E-state index contributed by atoms with van der Waals surface area (Å²) in [7, 11) is 0. The minimum Gasteiger partial charge on any atom is -0.508 e. The third-order valence-electron chi connectivity index (χ3n) is 2.78. The molecule has 0 aliphatic carbocycles. The number of phenols is 1. The van der Waals surface area contributed by atoms with Crippen molar-refractivity contribution in [1.29, 1.82) is 0 Å². The minimum absolute atomic E-state index is 0.133. The second-order valence-electron chi connectivity index (χ2n) is 4.32. The van der Waals surface area contributed by atoms with E-state index in [0.717, 1.165) is 18.7 Å². The Morgan fingerprint density at radius 1 is 1.53 bits per heavy atom. The van der Waals surface area contributed by atoms with E-state index in [1.54, 1.807) is 18.2 Å². The Bertz CT molecular complexity index is 386. The van der Waals surface area contributed by atoms with Crippen molar-refractivity contribution in [2.75, 3.05) is 19.8 Å². The molecule has 2 N–H and O–H groups in total. The number of morpholine rings is 1. The van der Waals surface area contributed by atoms with Crippen molar-refractivity contribution in [1.82, 2.24) is 5.32 Å². The molecule has 1 aromatic carbocycles. The predicted octanol–water partition coefficient (Wildman–Crippen LogP) is 0.882. The zero-order chi connectivity index (χ0) is 12.1. The van der Waals surface area contributed by atoms with Crippen molar-refractivity contribution in [2.45, 2.75) is 18.9 Å². The minimum atomic E-state index is 0.133. The van der Waals surface area contributed by atoms with Crippen molar-refractivity contribution in [3.05, 3.63) is 29.8 Å². The van der Waals surface area contributed by atoms with E-state index >= 15 is 0 Å². The van der Waals surface area contributed by atoms with Crippen molar-refractivity contribution >= 4 is 5.78 Å². The van der Waals surface area contributed by atoms with Crippen LogP contribution in [0.5, 0.6) is 5.75 Å². The van der Waals surface area contributed by atoms with Crippen LogP contribution in [0.3, 0.4) is 0 Å². The topological polar surface area (TPSA) is 58.6 Å². The third-order valence-corrected chi connectivity index (χ3v) is 2.78. The van der Waals surface area contributed by atoms with Crippen LogP contribution < -0.4 is 5.32 Å². The second kappa shape index (κ2) is 5.80. The summed E-state index contributed by atoms with van der Waals surface area (Å²) >= 11 is 0. The summed E-state index contributed by atoms with van der Waals surface area (Å²) in [6.45, 7) is 2.13. The fourth-order valence-electron chi connectivity index (χ4n) is 1.99. The number of rotatable bonds is 4. The lowest BCUT2D eigenvalue weighted by Gasteiger charge is -2.23. The normalized spacial score (nSPS) is 20.1. The number of ether oxygens (including phenoxy) is 1. The molecule has 1 heterocycles. The number of phenolic OH excluding ortho intramolecular Hbond substituents is 1. The number of aromatic hydroxyl groups is 1. The molecule has 1 aliphatic rings. The Hall–Kier alpha value is -1.39. The average molecular weight is 235 g/mol. The lowest BCUT2D eigenvalue weighted by atomic mass is 10.0. The number of carbonyl (C=O) groups is 1. The van der Waals surface area contributed by atoms with Gasteiger partial charge in [-0.15, -0.1) is 0 Å². The first-order chi connectivity index (χ1) is 8.24. The number of hydrogen-bond acceptors (Lipinski definition) is 4. The highest BCUT2D eigenvalue weighted by Gasteiger charge is 2.16. The molecule has 1 atom stereocenters. The van der Waals surface area contributed by atoms with Gasteiger partial charge in [-0.25, -0.2) is 0 Å². The highest BCUT2D eigenvalue weighted by Crippen LogP contribution is 2.12. The van der Waals surface area contributed by atoms with Crippen LogP contribution in [0.25, 0.3) is 0 Å². The number of ketones is 1. The predicted molar refractivity (Wildman–Crippen MR) is 64.0 cm³/mol. The molecule has 17 heavy (non-hydrogen) atoms. The van der Waals surface area contributed by atoms with Crippen LogP contribution in [-0.2, 0) is 16.0 Å². The van der Waals surface area contributed by atoms with Gasteiger partial charge in [-0.1, -0.05) is 12.1 Å². The highest BCUT2D eigenvalue weighted by molar-refractivity contribution is 5.81. The molecule has 4 nitrogen and oxygen atoms in total. The van der Waals surface area contributed by atoms with Crippen molar-refractivity contribution < 1.29 is 14.6 Å². The zero-order valence-corrected chi connectivity index (χ0v) is 9.69. The molecule has 0 amide bonds. The molecule has 1 saturated heterocycles. The van der Waals surface area contributed by atoms with Gasteiger partial charge in [0, 0.05) is 25.4 Å². The summed E-state index contributed by atoms with van der Waals surface area (Å²) in [5, 5.41) is 12.6. The van der Waals surface area contributed by atoms with Gasteiger partial charge in [0.25, 0.3) is 0 Å². The molecule has 0 aromatic heterocycles. The quantitative estimate of drug-likeness (QED) is 0.813. The number of hydrogen-bond donors (Lipinski definition) is 2. The molecule has 4 heteroatoms. The van der Waals surface area contributed by atoms with Gasteiger partial charge in [0.05, 0.1) is 13.2 Å². The molecular formula is C13H17NO3. The van der Waals surface area contributed by atoms with E-state index in [-0.39, 0.29) is 17.6 Å². The molecule has 2 rings (SSSR count). The summed E-state index contributed by atoms with van der Waals surface area (Å²) in [6.07, 6.45) is 0.849. The molecular weight excluding hydrogens is 218 g/mol. The molecule has 0 radical (unpaired) electrons. The maximum atomic E-state index is 11.8. The molecule has 0 spiro atoms. The Kier molecular flexibility index (Phi) is 4.12. The number of benzene rings is 1. The second-order valence-corrected chi connectivity index (χ2v) is 4.32. The smallest absolute Gasteiger partial charge is 0.138 e. The van der Waals surface area contributed by atoms with Crippen LogP contribution in [0.15, 0.2) is 24.3 Å². The Morgan fingerprint density at radius 2 is 2.41 bits per heavy atom. The van der Waals surface area contributed by atoms with Crippen LogP contribution in [0.2, 0.25) is 0 Å². The zero-order valence-electron chi connectivity index (χ0n) is 9.69. The van der Waals surface area contributed by atoms with Crippen LogP contribution in [0.1, 0.15) is 12.0 Å². The number of nitrogens with one attached hydrogen (secondary N) is 1. The van der Waals surface area contributed by atoms with Gasteiger partial charge in [0.1, 0.15) is 11.5 Å². The molecule has 1 unspecified atom stereocenters. The SMILES string of the molecule is O=C(Cc1cccc(O)c1)CC1COCCN1. The maximum Gasteiger partial charge on any atom is 0.138 e. The molecule has 92 valence electrons. The van der Waals surface area contributed by atoms with Gasteiger partial charge in [0.2, 0.25) is 0 Å². The van der Waals surface area contributed by atoms with Crippen molar-refractivity contribution in [3.8, 4) is 5.75 Å². The van der Waals surface area contributed by atoms with Crippen LogP contribution in [-0.4, -0.2) is 36.7 Å². The molecule has 1 aromatic rings. The van der Waals surface area contributed by atoms with Gasteiger partial charge in [0.15, 0.2) is 0 Å². The van der Waals surface area contributed by atoms with E-state index in [4.69, 9.17) is 4.74 Å². The summed E-state index contributed by atoms with van der Waals surface area (Å²) < 4.78 is 5.30. The summed E-state index contributed by atoms with van der Waals surface area (Å²) in [4.78, 5) is 11.8. The van der Waals surface area contributed by atoms with E-state index in [2.05, 4.69) is 5.32 Å². The first-order valence-corrected chi connectivity index (χ1v) is 5.85. The first kappa shape index (κ1) is 12.1. The van der Waals surface area contributed by atoms with Gasteiger partial charge in [-0.3, -0.25) is 4.79 Å². The van der Waals surface area contributed by atoms with E-state index < -0.39 is 0 Å². The largest absolute Gasteiger partial charge is 0.508 e. The van der Waals surface area contributed by atoms with Crippen LogP contribution in [0.4, 0.5) is 0 Å². The Balaban J connectivity index is 1.84. The summed E-state index contributed by atoms with van der Waals surface area (Å²) in [5.41, 5.74) is 0.853.